The van der Waals surface area contributed by atoms with Gasteiger partial charge in [0.1, 0.15) is 0 Å². The van der Waals surface area contributed by atoms with Gasteiger partial charge in [-0.3, -0.25) is 4.79 Å². The normalized spacial score (nSPS) is 12.1. The molecule has 2 rings (SSSR count). The Bertz CT molecular complexity index is 554. The van der Waals surface area contributed by atoms with Gasteiger partial charge in [-0.1, -0.05) is 54.1 Å². The highest BCUT2D eigenvalue weighted by Crippen LogP contribution is 2.15. The number of nitrogens with one attached hydrogen (secondary N) is 1. The van der Waals surface area contributed by atoms with E-state index in [2.05, 4.69) is 5.32 Å². The minimum absolute atomic E-state index is 0.391. The summed E-state index contributed by atoms with van der Waals surface area (Å²) in [4.78, 5) is 11.3. The Kier molecular flexibility index (Phi) is 5.16. The molecule has 0 fully saturated rings. The van der Waals surface area contributed by atoms with Gasteiger partial charge in [-0.05, 0) is 23.3 Å². The minimum Gasteiger partial charge on any atom is -0.481 e. The van der Waals surface area contributed by atoms with Crippen LogP contribution in [0.25, 0.3) is 0 Å². The third-order valence-corrected chi connectivity index (χ3v) is 3.34. The van der Waals surface area contributed by atoms with Gasteiger partial charge in [0.2, 0.25) is 0 Å². The molecule has 0 saturated heterocycles. The van der Waals surface area contributed by atoms with Crippen molar-refractivity contribution in [1.82, 2.24) is 5.32 Å². The maximum atomic E-state index is 11.3. The zero-order valence-corrected chi connectivity index (χ0v) is 11.7. The van der Waals surface area contributed by atoms with Crippen LogP contribution in [0.3, 0.4) is 0 Å². The summed E-state index contributed by atoms with van der Waals surface area (Å²) >= 11 is 5.82. The lowest BCUT2D eigenvalue weighted by molar-refractivity contribution is -0.138. The molecular weight excluding hydrogens is 274 g/mol. The van der Waals surface area contributed by atoms with E-state index in [1.54, 1.807) is 0 Å². The smallest absolute Gasteiger partial charge is 0.312 e. The highest BCUT2D eigenvalue weighted by molar-refractivity contribution is 6.30. The second-order valence-corrected chi connectivity index (χ2v) is 5.00. The molecular formula is C16H16ClNO2. The van der Waals surface area contributed by atoms with Gasteiger partial charge in [0, 0.05) is 18.1 Å². The van der Waals surface area contributed by atoms with Crippen LogP contribution in [0.2, 0.25) is 5.02 Å². The highest BCUT2D eigenvalue weighted by atomic mass is 35.5. The number of carbonyl (C=O) groups is 1. The number of rotatable bonds is 6. The minimum atomic E-state index is -0.820. The molecule has 0 saturated carbocycles. The zero-order chi connectivity index (χ0) is 14.4. The Balaban J connectivity index is 1.93. The van der Waals surface area contributed by atoms with Crippen LogP contribution in [0, 0.1) is 0 Å². The van der Waals surface area contributed by atoms with E-state index < -0.39 is 11.9 Å². The third kappa shape index (κ3) is 4.08. The van der Waals surface area contributed by atoms with Crippen molar-refractivity contribution >= 4 is 17.6 Å². The Morgan fingerprint density at radius 1 is 1.10 bits per heavy atom. The Morgan fingerprint density at radius 3 is 2.35 bits per heavy atom. The van der Waals surface area contributed by atoms with Crippen molar-refractivity contribution in [3.63, 3.8) is 0 Å². The molecule has 1 unspecified atom stereocenters. The summed E-state index contributed by atoms with van der Waals surface area (Å²) in [6.45, 7) is 1.01. The van der Waals surface area contributed by atoms with Gasteiger partial charge in [-0.15, -0.1) is 0 Å². The number of halogens is 1. The zero-order valence-electron chi connectivity index (χ0n) is 10.9. The van der Waals surface area contributed by atoms with E-state index in [4.69, 9.17) is 11.6 Å². The second-order valence-electron chi connectivity index (χ2n) is 4.56. The fourth-order valence-corrected chi connectivity index (χ4v) is 2.12. The summed E-state index contributed by atoms with van der Waals surface area (Å²) in [5.74, 6) is -1.36. The van der Waals surface area contributed by atoms with E-state index in [1.165, 1.54) is 0 Å². The van der Waals surface area contributed by atoms with Crippen molar-refractivity contribution in [2.45, 2.75) is 12.5 Å². The monoisotopic (exact) mass is 289 g/mol. The number of carboxylic acid groups (broad SMARTS) is 1. The molecule has 2 aromatic rings. The van der Waals surface area contributed by atoms with Crippen LogP contribution in [-0.4, -0.2) is 17.6 Å². The predicted octanol–water partition coefficient (Wildman–Crippen LogP) is 3.30. The number of carboxylic acids is 1. The third-order valence-electron chi connectivity index (χ3n) is 3.09. The van der Waals surface area contributed by atoms with Crippen molar-refractivity contribution in [3.8, 4) is 0 Å². The molecule has 3 nitrogen and oxygen atoms in total. The molecule has 0 radical (unpaired) electrons. The summed E-state index contributed by atoms with van der Waals surface area (Å²) in [6.07, 6.45) is 0. The van der Waals surface area contributed by atoms with Gasteiger partial charge >= 0.3 is 5.97 Å². The van der Waals surface area contributed by atoms with Crippen LogP contribution in [0.1, 0.15) is 17.0 Å². The number of aliphatic carboxylic acids is 1. The van der Waals surface area contributed by atoms with Crippen LogP contribution in [-0.2, 0) is 11.3 Å². The Labute approximate surface area is 123 Å². The van der Waals surface area contributed by atoms with Gasteiger partial charge < -0.3 is 10.4 Å². The lowest BCUT2D eigenvalue weighted by atomic mass is 9.99. The Hall–Kier alpha value is -1.84. The van der Waals surface area contributed by atoms with E-state index in [1.807, 2.05) is 54.6 Å². The van der Waals surface area contributed by atoms with Crippen LogP contribution in [0.15, 0.2) is 54.6 Å². The summed E-state index contributed by atoms with van der Waals surface area (Å²) in [7, 11) is 0. The highest BCUT2D eigenvalue weighted by Gasteiger charge is 2.18. The first-order valence-electron chi connectivity index (χ1n) is 6.40. The van der Waals surface area contributed by atoms with Crippen molar-refractivity contribution in [3.05, 3.63) is 70.7 Å². The molecule has 20 heavy (non-hydrogen) atoms. The average molecular weight is 290 g/mol. The average Bonchev–Trinajstić information content (AvgIpc) is 2.46. The second kappa shape index (κ2) is 7.08. The number of benzene rings is 2. The molecule has 0 bridgehead atoms. The fraction of sp³-hybridized carbons (Fsp3) is 0.188. The molecule has 4 heteroatoms. The maximum absolute atomic E-state index is 11.3. The summed E-state index contributed by atoms with van der Waals surface area (Å²) < 4.78 is 0. The molecule has 0 aliphatic rings. The van der Waals surface area contributed by atoms with Crippen LogP contribution in [0.4, 0.5) is 0 Å². The van der Waals surface area contributed by atoms with Gasteiger partial charge in [0.05, 0.1) is 5.92 Å². The van der Waals surface area contributed by atoms with Crippen molar-refractivity contribution in [2.75, 3.05) is 6.54 Å². The maximum Gasteiger partial charge on any atom is 0.312 e. The first kappa shape index (κ1) is 14.6. The molecule has 1 atom stereocenters. The standard InChI is InChI=1S/C16H16ClNO2/c17-14-8-6-12(7-9-14)10-18-11-15(16(19)20)13-4-2-1-3-5-13/h1-9,15,18H,10-11H2,(H,19,20). The lowest BCUT2D eigenvalue weighted by Crippen LogP contribution is -2.26. The van der Waals surface area contributed by atoms with E-state index >= 15 is 0 Å². The predicted molar refractivity (Wildman–Crippen MR) is 80.0 cm³/mol. The van der Waals surface area contributed by atoms with Gasteiger partial charge in [-0.25, -0.2) is 0 Å². The summed E-state index contributed by atoms with van der Waals surface area (Å²) in [5, 5.41) is 13.2. The fourth-order valence-electron chi connectivity index (χ4n) is 2.00. The van der Waals surface area contributed by atoms with Gasteiger partial charge in [0.25, 0.3) is 0 Å². The van der Waals surface area contributed by atoms with Crippen molar-refractivity contribution < 1.29 is 9.90 Å². The largest absolute Gasteiger partial charge is 0.481 e. The lowest BCUT2D eigenvalue weighted by Gasteiger charge is -2.13. The first-order chi connectivity index (χ1) is 9.66. The van der Waals surface area contributed by atoms with E-state index in [-0.39, 0.29) is 0 Å². The molecule has 0 amide bonds. The van der Waals surface area contributed by atoms with Crippen molar-refractivity contribution in [2.24, 2.45) is 0 Å². The van der Waals surface area contributed by atoms with E-state index in [9.17, 15) is 9.90 Å². The number of hydrogen-bond acceptors (Lipinski definition) is 2. The summed E-state index contributed by atoms with van der Waals surface area (Å²) in [5.41, 5.74) is 1.88. The van der Waals surface area contributed by atoms with E-state index in [0.29, 0.717) is 18.1 Å². The van der Waals surface area contributed by atoms with E-state index in [0.717, 1.165) is 11.1 Å². The molecule has 0 aliphatic heterocycles. The molecule has 0 aromatic heterocycles. The quantitative estimate of drug-likeness (QED) is 0.858. The van der Waals surface area contributed by atoms with Gasteiger partial charge in [-0.2, -0.15) is 0 Å². The molecule has 0 aliphatic carbocycles. The van der Waals surface area contributed by atoms with Gasteiger partial charge in [0.15, 0.2) is 0 Å². The molecule has 104 valence electrons. The van der Waals surface area contributed by atoms with Crippen LogP contribution in [0.5, 0.6) is 0 Å². The van der Waals surface area contributed by atoms with Crippen LogP contribution >= 0.6 is 11.6 Å². The molecule has 0 spiro atoms. The molecule has 2 aromatic carbocycles. The Morgan fingerprint density at radius 2 is 1.75 bits per heavy atom. The number of hydrogen-bond donors (Lipinski definition) is 2. The topological polar surface area (TPSA) is 49.3 Å². The van der Waals surface area contributed by atoms with Crippen molar-refractivity contribution in [1.29, 1.82) is 0 Å². The molecule has 2 N–H and O–H groups in total. The molecule has 0 heterocycles. The summed E-state index contributed by atoms with van der Waals surface area (Å²) in [6, 6.07) is 16.8. The van der Waals surface area contributed by atoms with Crippen LogP contribution < -0.4 is 5.32 Å². The first-order valence-corrected chi connectivity index (χ1v) is 6.77. The SMILES string of the molecule is O=C(O)C(CNCc1ccc(Cl)cc1)c1ccccc1.